The van der Waals surface area contributed by atoms with Crippen molar-refractivity contribution in [2.75, 3.05) is 25.1 Å². The maximum absolute atomic E-state index is 12.3. The number of hydrogen-bond donors (Lipinski definition) is 1. The number of benzene rings is 3. The molecule has 3 aromatic rings. The summed E-state index contributed by atoms with van der Waals surface area (Å²) < 4.78 is 5.45. The lowest BCUT2D eigenvalue weighted by atomic mass is 9.98. The van der Waals surface area contributed by atoms with Crippen LogP contribution in [0.4, 0.5) is 10.5 Å². The maximum Gasteiger partial charge on any atom is 0.407 e. The second kappa shape index (κ2) is 8.19. The molecule has 0 bridgehead atoms. The van der Waals surface area contributed by atoms with Crippen LogP contribution in [0.5, 0.6) is 0 Å². The summed E-state index contributed by atoms with van der Waals surface area (Å²) in [6.45, 7) is 0.102. The molecule has 0 spiro atoms. The van der Waals surface area contributed by atoms with E-state index in [0.717, 1.165) is 16.8 Å². The number of ether oxygens (including phenoxy) is 1. The number of nitrogens with one attached hydrogen (secondary N) is 1. The third kappa shape index (κ3) is 3.85. The van der Waals surface area contributed by atoms with E-state index in [4.69, 9.17) is 4.74 Å². The zero-order valence-corrected chi connectivity index (χ0v) is 16.2. The van der Waals surface area contributed by atoms with Crippen LogP contribution in [-0.2, 0) is 9.53 Å². The number of carbonyl (C=O) groups excluding carboxylic acids is 2. The summed E-state index contributed by atoms with van der Waals surface area (Å²) in [5, 5.41) is 2.55. The summed E-state index contributed by atoms with van der Waals surface area (Å²) in [6.07, 6.45) is -0.596. The fraction of sp³-hybridized carbons (Fsp3) is 0.167. The molecule has 0 heterocycles. The van der Waals surface area contributed by atoms with E-state index in [1.54, 1.807) is 7.05 Å². The van der Waals surface area contributed by atoms with E-state index < -0.39 is 6.09 Å². The summed E-state index contributed by atoms with van der Waals surface area (Å²) in [6, 6.07) is 25.6. The fourth-order valence-electron chi connectivity index (χ4n) is 3.71. The van der Waals surface area contributed by atoms with Gasteiger partial charge in [0, 0.05) is 18.7 Å². The van der Waals surface area contributed by atoms with E-state index >= 15 is 0 Å². The number of likely N-dealkylation sites (N-methyl/N-ethyl adjacent to an activating group) is 1. The predicted molar refractivity (Wildman–Crippen MR) is 113 cm³/mol. The lowest BCUT2D eigenvalue weighted by molar-refractivity contribution is -0.117. The fourth-order valence-corrected chi connectivity index (χ4v) is 3.71. The molecule has 5 nitrogen and oxygen atoms in total. The Morgan fingerprint density at radius 1 is 0.862 bits per heavy atom. The molecule has 29 heavy (non-hydrogen) atoms. The molecule has 1 N–H and O–H groups in total. The molecule has 1 aliphatic rings. The van der Waals surface area contributed by atoms with Gasteiger partial charge in [-0.1, -0.05) is 66.7 Å². The molecule has 1 aliphatic carbocycles. The van der Waals surface area contributed by atoms with Crippen molar-refractivity contribution >= 4 is 17.7 Å². The van der Waals surface area contributed by atoms with Crippen LogP contribution in [0, 0.1) is 0 Å². The van der Waals surface area contributed by atoms with E-state index in [0.29, 0.717) is 0 Å². The minimum atomic E-state index is -0.596. The van der Waals surface area contributed by atoms with Gasteiger partial charge in [0.1, 0.15) is 13.2 Å². The molecule has 0 aromatic heterocycles. The molecule has 0 saturated heterocycles. The second-order valence-electron chi connectivity index (χ2n) is 6.97. The van der Waals surface area contributed by atoms with Gasteiger partial charge in [-0.3, -0.25) is 4.79 Å². The minimum Gasteiger partial charge on any atom is -0.449 e. The lowest BCUT2D eigenvalue weighted by Crippen LogP contribution is -2.38. The molecule has 0 atom stereocenters. The van der Waals surface area contributed by atoms with Gasteiger partial charge in [0.2, 0.25) is 5.91 Å². The van der Waals surface area contributed by atoms with Gasteiger partial charge in [-0.05, 0) is 34.4 Å². The number of carbonyl (C=O) groups is 2. The largest absolute Gasteiger partial charge is 0.449 e. The maximum atomic E-state index is 12.3. The van der Waals surface area contributed by atoms with Gasteiger partial charge in [0.25, 0.3) is 0 Å². The van der Waals surface area contributed by atoms with Gasteiger partial charge in [0.15, 0.2) is 0 Å². The number of rotatable bonds is 5. The number of alkyl carbamates (subject to hydrolysis) is 1. The first-order chi connectivity index (χ1) is 14.1. The van der Waals surface area contributed by atoms with Crippen LogP contribution in [0.15, 0.2) is 78.9 Å². The first-order valence-electron chi connectivity index (χ1n) is 9.55. The number of fused-ring (bicyclic) bond motifs is 3. The first kappa shape index (κ1) is 18.7. The Balaban J connectivity index is 1.35. The van der Waals surface area contributed by atoms with Crippen LogP contribution >= 0.6 is 0 Å². The van der Waals surface area contributed by atoms with Crippen molar-refractivity contribution in [2.45, 2.75) is 5.92 Å². The average Bonchev–Trinajstić information content (AvgIpc) is 3.10. The molecule has 0 fully saturated rings. The summed E-state index contributed by atoms with van der Waals surface area (Å²) >= 11 is 0. The molecule has 5 heteroatoms. The number of para-hydroxylation sites is 1. The third-order valence-electron chi connectivity index (χ3n) is 5.25. The standard InChI is InChI=1S/C24H22N2O3/c1-26(17-9-3-2-4-10-17)23(27)15-25-24(28)29-16-22-20-13-7-5-11-18(20)19-12-6-8-14-21(19)22/h2-14,22H,15-16H2,1H3,(H,25,28). The van der Waals surface area contributed by atoms with Gasteiger partial charge in [0.05, 0.1) is 0 Å². The third-order valence-corrected chi connectivity index (χ3v) is 5.25. The molecule has 2 amide bonds. The number of anilines is 1. The summed E-state index contributed by atoms with van der Waals surface area (Å²) in [5.74, 6) is -0.222. The van der Waals surface area contributed by atoms with Crippen LogP contribution in [0.1, 0.15) is 17.0 Å². The Labute approximate surface area is 169 Å². The van der Waals surface area contributed by atoms with E-state index in [1.165, 1.54) is 16.0 Å². The lowest BCUT2D eigenvalue weighted by Gasteiger charge is -2.18. The van der Waals surface area contributed by atoms with Crippen LogP contribution in [0.2, 0.25) is 0 Å². The molecule has 146 valence electrons. The molecule has 4 rings (SSSR count). The van der Waals surface area contributed by atoms with Crippen molar-refractivity contribution in [3.05, 3.63) is 90.0 Å². The zero-order chi connectivity index (χ0) is 20.2. The molecular formula is C24H22N2O3. The van der Waals surface area contributed by atoms with Crippen LogP contribution < -0.4 is 10.2 Å². The highest BCUT2D eigenvalue weighted by atomic mass is 16.5. The van der Waals surface area contributed by atoms with E-state index in [-0.39, 0.29) is 25.0 Å². The molecule has 0 unspecified atom stereocenters. The SMILES string of the molecule is CN(C(=O)CNC(=O)OCC1c2ccccc2-c2ccccc21)c1ccccc1. The van der Waals surface area contributed by atoms with Crippen molar-refractivity contribution in [3.8, 4) is 11.1 Å². The highest BCUT2D eigenvalue weighted by molar-refractivity contribution is 5.95. The quantitative estimate of drug-likeness (QED) is 0.715. The molecular weight excluding hydrogens is 364 g/mol. The van der Waals surface area contributed by atoms with Gasteiger partial charge in [-0.2, -0.15) is 0 Å². The highest BCUT2D eigenvalue weighted by Crippen LogP contribution is 2.44. The Morgan fingerprint density at radius 3 is 2.03 bits per heavy atom. The number of hydrogen-bond acceptors (Lipinski definition) is 3. The van der Waals surface area contributed by atoms with E-state index in [9.17, 15) is 9.59 Å². The van der Waals surface area contributed by atoms with Crippen LogP contribution in [-0.4, -0.2) is 32.2 Å². The first-order valence-corrected chi connectivity index (χ1v) is 9.55. The zero-order valence-electron chi connectivity index (χ0n) is 16.2. The van der Waals surface area contributed by atoms with Crippen molar-refractivity contribution in [1.29, 1.82) is 0 Å². The van der Waals surface area contributed by atoms with Crippen molar-refractivity contribution < 1.29 is 14.3 Å². The Hall–Kier alpha value is -3.60. The summed E-state index contributed by atoms with van der Waals surface area (Å²) in [7, 11) is 1.68. The average molecular weight is 386 g/mol. The second-order valence-corrected chi connectivity index (χ2v) is 6.97. The summed E-state index contributed by atoms with van der Waals surface area (Å²) in [4.78, 5) is 26.0. The van der Waals surface area contributed by atoms with Crippen molar-refractivity contribution in [3.63, 3.8) is 0 Å². The molecule has 0 saturated carbocycles. The molecule has 0 aliphatic heterocycles. The van der Waals surface area contributed by atoms with Crippen LogP contribution in [0.3, 0.4) is 0 Å². The smallest absolute Gasteiger partial charge is 0.407 e. The Kier molecular flexibility index (Phi) is 5.29. The topological polar surface area (TPSA) is 58.6 Å². The normalized spacial score (nSPS) is 12.0. The van der Waals surface area contributed by atoms with E-state index in [1.807, 2.05) is 54.6 Å². The molecule has 0 radical (unpaired) electrons. The number of amides is 2. The minimum absolute atomic E-state index is 0.00385. The Bertz CT molecular complexity index is 988. The highest BCUT2D eigenvalue weighted by Gasteiger charge is 2.29. The van der Waals surface area contributed by atoms with Gasteiger partial charge < -0.3 is 15.0 Å². The predicted octanol–water partition coefficient (Wildman–Crippen LogP) is 4.19. The summed E-state index contributed by atoms with van der Waals surface area (Å²) in [5.41, 5.74) is 5.43. The number of nitrogens with zero attached hydrogens (tertiary/aromatic N) is 1. The van der Waals surface area contributed by atoms with Gasteiger partial charge >= 0.3 is 6.09 Å². The van der Waals surface area contributed by atoms with Crippen molar-refractivity contribution in [1.82, 2.24) is 5.32 Å². The van der Waals surface area contributed by atoms with E-state index in [2.05, 4.69) is 29.6 Å². The van der Waals surface area contributed by atoms with Gasteiger partial charge in [-0.15, -0.1) is 0 Å². The monoisotopic (exact) mass is 386 g/mol. The van der Waals surface area contributed by atoms with Crippen molar-refractivity contribution in [2.24, 2.45) is 0 Å². The van der Waals surface area contributed by atoms with Gasteiger partial charge in [-0.25, -0.2) is 4.79 Å². The molecule has 3 aromatic carbocycles. The van der Waals surface area contributed by atoms with Crippen LogP contribution in [0.25, 0.3) is 11.1 Å². The Morgan fingerprint density at radius 2 is 1.41 bits per heavy atom.